The Hall–Kier alpha value is -3.52. The van der Waals surface area contributed by atoms with E-state index >= 15 is 0 Å². The maximum Gasteiger partial charge on any atom is 0.258 e. The summed E-state index contributed by atoms with van der Waals surface area (Å²) in [4.78, 5) is 21.7. The summed E-state index contributed by atoms with van der Waals surface area (Å²) < 4.78 is 5.57. The molecule has 0 bridgehead atoms. The van der Waals surface area contributed by atoms with Gasteiger partial charge in [0.25, 0.3) is 11.8 Å². The number of aryl methyl sites for hydroxylation is 2. The van der Waals surface area contributed by atoms with Crippen LogP contribution in [0, 0.1) is 20.8 Å². The summed E-state index contributed by atoms with van der Waals surface area (Å²) in [5, 5.41) is 13.3. The molecular weight excluding hydrogens is 440 g/mol. The van der Waals surface area contributed by atoms with Crippen LogP contribution in [0.25, 0.3) is 17.1 Å². The molecule has 0 aliphatic carbocycles. The summed E-state index contributed by atoms with van der Waals surface area (Å²) in [6.07, 6.45) is 4.82. The topological polar surface area (TPSA) is 89.9 Å². The van der Waals surface area contributed by atoms with Crippen molar-refractivity contribution in [3.05, 3.63) is 75.8 Å². The van der Waals surface area contributed by atoms with E-state index in [0.29, 0.717) is 34.5 Å². The van der Waals surface area contributed by atoms with Crippen LogP contribution in [0.2, 0.25) is 5.02 Å². The Morgan fingerprint density at radius 2 is 1.88 bits per heavy atom. The lowest BCUT2D eigenvalue weighted by molar-refractivity contribution is 0.0728. The van der Waals surface area contributed by atoms with E-state index in [0.717, 1.165) is 35.1 Å². The summed E-state index contributed by atoms with van der Waals surface area (Å²) in [5.41, 5.74) is 4.97. The standard InChI is InChI=1S/C24H23ClN6O2/c1-14-12-18(21(13-15(14)2)31-26-9-10-27-31)24(32)30-11-5-8-20(30)22-28-23(33-29-22)17-6-4-7-19(25)16(17)3/h4,6-7,9-10,12-13,20H,5,8,11H2,1-3H3. The fourth-order valence-corrected chi connectivity index (χ4v) is 4.40. The summed E-state index contributed by atoms with van der Waals surface area (Å²) in [5.74, 6) is 0.799. The van der Waals surface area contributed by atoms with Crippen molar-refractivity contribution in [2.24, 2.45) is 0 Å². The van der Waals surface area contributed by atoms with Crippen molar-refractivity contribution >= 4 is 17.5 Å². The minimum atomic E-state index is -0.269. The lowest BCUT2D eigenvalue weighted by Crippen LogP contribution is -2.32. The second-order valence-electron chi connectivity index (χ2n) is 8.30. The highest BCUT2D eigenvalue weighted by molar-refractivity contribution is 6.31. The zero-order valence-corrected chi connectivity index (χ0v) is 19.4. The van der Waals surface area contributed by atoms with E-state index in [1.54, 1.807) is 12.4 Å². The van der Waals surface area contributed by atoms with Gasteiger partial charge >= 0.3 is 0 Å². The van der Waals surface area contributed by atoms with E-state index in [9.17, 15) is 4.79 Å². The van der Waals surface area contributed by atoms with Crippen molar-refractivity contribution in [3.8, 4) is 17.1 Å². The first-order chi connectivity index (χ1) is 15.9. The Morgan fingerprint density at radius 3 is 2.67 bits per heavy atom. The first kappa shape index (κ1) is 21.3. The van der Waals surface area contributed by atoms with Gasteiger partial charge in [-0.05, 0) is 74.6 Å². The van der Waals surface area contributed by atoms with E-state index in [1.807, 2.05) is 56.0 Å². The Bertz CT molecular complexity index is 1330. The van der Waals surface area contributed by atoms with Gasteiger partial charge in [0.2, 0.25) is 0 Å². The van der Waals surface area contributed by atoms with E-state index < -0.39 is 0 Å². The number of likely N-dealkylation sites (tertiary alicyclic amines) is 1. The van der Waals surface area contributed by atoms with Crippen molar-refractivity contribution in [1.82, 2.24) is 30.0 Å². The Kier molecular flexibility index (Phi) is 5.46. The molecule has 3 heterocycles. The third-order valence-electron chi connectivity index (χ3n) is 6.23. The molecule has 1 aliphatic rings. The van der Waals surface area contributed by atoms with Crippen LogP contribution in [-0.4, -0.2) is 42.5 Å². The molecule has 33 heavy (non-hydrogen) atoms. The largest absolute Gasteiger partial charge is 0.334 e. The van der Waals surface area contributed by atoms with Crippen molar-refractivity contribution in [2.45, 2.75) is 39.7 Å². The summed E-state index contributed by atoms with van der Waals surface area (Å²) in [7, 11) is 0. The molecular formula is C24H23ClN6O2. The molecule has 1 fully saturated rings. The van der Waals surface area contributed by atoms with Crippen LogP contribution in [0.3, 0.4) is 0 Å². The average molecular weight is 463 g/mol. The van der Waals surface area contributed by atoms with Gasteiger partial charge in [0, 0.05) is 17.1 Å². The highest BCUT2D eigenvalue weighted by atomic mass is 35.5. The van der Waals surface area contributed by atoms with E-state index in [4.69, 9.17) is 16.1 Å². The summed E-state index contributed by atoms with van der Waals surface area (Å²) >= 11 is 6.26. The second kappa shape index (κ2) is 8.44. The SMILES string of the molecule is Cc1cc(C(=O)N2CCCC2c2noc(-c3cccc(Cl)c3C)n2)c(-n2nccn2)cc1C. The number of carbonyl (C=O) groups is 1. The maximum atomic E-state index is 13.7. The Morgan fingerprint density at radius 1 is 1.12 bits per heavy atom. The maximum absolute atomic E-state index is 13.7. The van der Waals surface area contributed by atoms with Gasteiger partial charge in [0.05, 0.1) is 29.7 Å². The fourth-order valence-electron chi connectivity index (χ4n) is 4.23. The highest BCUT2D eigenvalue weighted by Gasteiger charge is 2.35. The van der Waals surface area contributed by atoms with Gasteiger partial charge in [-0.15, -0.1) is 0 Å². The third kappa shape index (κ3) is 3.80. The van der Waals surface area contributed by atoms with Gasteiger partial charge in [-0.2, -0.15) is 20.0 Å². The third-order valence-corrected chi connectivity index (χ3v) is 6.64. The molecule has 168 valence electrons. The Labute approximate surface area is 196 Å². The molecule has 0 saturated carbocycles. The van der Waals surface area contributed by atoms with E-state index in [-0.39, 0.29) is 11.9 Å². The molecule has 2 aromatic heterocycles. The van der Waals surface area contributed by atoms with E-state index in [2.05, 4.69) is 20.3 Å². The number of nitrogens with zero attached hydrogens (tertiary/aromatic N) is 6. The van der Waals surface area contributed by atoms with Gasteiger partial charge in [-0.3, -0.25) is 4.79 Å². The molecule has 4 aromatic rings. The Balaban J connectivity index is 1.49. The molecule has 1 unspecified atom stereocenters. The number of benzene rings is 2. The van der Waals surface area contributed by atoms with Crippen LogP contribution < -0.4 is 0 Å². The van der Waals surface area contributed by atoms with Gasteiger partial charge < -0.3 is 9.42 Å². The zero-order valence-electron chi connectivity index (χ0n) is 18.6. The van der Waals surface area contributed by atoms with Crippen LogP contribution in [0.15, 0.2) is 47.2 Å². The van der Waals surface area contributed by atoms with Gasteiger partial charge in [-0.25, -0.2) is 0 Å². The van der Waals surface area contributed by atoms with E-state index in [1.165, 1.54) is 4.80 Å². The molecule has 0 radical (unpaired) electrons. The number of rotatable bonds is 4. The predicted octanol–water partition coefficient (Wildman–Crippen LogP) is 4.87. The fraction of sp³-hybridized carbons (Fsp3) is 0.292. The van der Waals surface area contributed by atoms with Crippen molar-refractivity contribution in [1.29, 1.82) is 0 Å². The van der Waals surface area contributed by atoms with Crippen molar-refractivity contribution in [3.63, 3.8) is 0 Å². The molecule has 2 aromatic carbocycles. The molecule has 0 N–H and O–H groups in total. The molecule has 5 rings (SSSR count). The summed E-state index contributed by atoms with van der Waals surface area (Å²) in [6, 6.07) is 9.16. The monoisotopic (exact) mass is 462 g/mol. The molecule has 1 saturated heterocycles. The molecule has 1 atom stereocenters. The lowest BCUT2D eigenvalue weighted by Gasteiger charge is -2.24. The highest BCUT2D eigenvalue weighted by Crippen LogP contribution is 2.35. The quantitative estimate of drug-likeness (QED) is 0.429. The number of amides is 1. The number of halogens is 1. The minimum Gasteiger partial charge on any atom is -0.334 e. The van der Waals surface area contributed by atoms with Crippen LogP contribution in [-0.2, 0) is 0 Å². The van der Waals surface area contributed by atoms with Gasteiger partial charge in [0.15, 0.2) is 5.82 Å². The molecule has 0 spiro atoms. The smallest absolute Gasteiger partial charge is 0.258 e. The number of aromatic nitrogens is 5. The molecule has 1 aliphatic heterocycles. The van der Waals surface area contributed by atoms with Crippen LogP contribution >= 0.6 is 11.6 Å². The van der Waals surface area contributed by atoms with Crippen LogP contribution in [0.4, 0.5) is 0 Å². The van der Waals surface area contributed by atoms with Crippen LogP contribution in [0.5, 0.6) is 0 Å². The first-order valence-electron chi connectivity index (χ1n) is 10.8. The normalized spacial score (nSPS) is 15.9. The second-order valence-corrected chi connectivity index (χ2v) is 8.71. The number of hydrogen-bond acceptors (Lipinski definition) is 6. The minimum absolute atomic E-state index is 0.0989. The summed E-state index contributed by atoms with van der Waals surface area (Å²) in [6.45, 7) is 6.53. The van der Waals surface area contributed by atoms with Crippen LogP contribution in [0.1, 0.15) is 51.8 Å². The molecule has 9 heteroatoms. The molecule has 1 amide bonds. The first-order valence-corrected chi connectivity index (χ1v) is 11.2. The zero-order chi connectivity index (χ0) is 23.1. The number of carbonyl (C=O) groups excluding carboxylic acids is 1. The van der Waals surface area contributed by atoms with Crippen molar-refractivity contribution < 1.29 is 9.32 Å². The number of hydrogen-bond donors (Lipinski definition) is 0. The predicted molar refractivity (Wildman–Crippen MR) is 123 cm³/mol. The van der Waals surface area contributed by atoms with Crippen molar-refractivity contribution in [2.75, 3.05) is 6.54 Å². The van der Waals surface area contributed by atoms with Gasteiger partial charge in [0.1, 0.15) is 0 Å². The average Bonchev–Trinajstić information content (AvgIpc) is 3.58. The van der Waals surface area contributed by atoms with Gasteiger partial charge in [-0.1, -0.05) is 22.8 Å². The lowest BCUT2D eigenvalue weighted by atomic mass is 10.0. The molecule has 8 nitrogen and oxygen atoms in total.